The van der Waals surface area contributed by atoms with Crippen molar-refractivity contribution >= 4 is 15.2 Å². The van der Waals surface area contributed by atoms with E-state index in [1.54, 1.807) is 11.9 Å². The normalized spacial score (nSPS) is 18.5. The number of rotatable bonds is 8. The van der Waals surface area contributed by atoms with E-state index in [2.05, 4.69) is 0 Å². The van der Waals surface area contributed by atoms with Crippen molar-refractivity contribution in [3.05, 3.63) is 0 Å². The van der Waals surface area contributed by atoms with Gasteiger partial charge in [-0.25, -0.2) is 0 Å². The van der Waals surface area contributed by atoms with Gasteiger partial charge in [0.25, 0.3) is 0 Å². The summed E-state index contributed by atoms with van der Waals surface area (Å²) in [6, 6.07) is 0.103. The molecule has 11 heteroatoms. The van der Waals surface area contributed by atoms with E-state index in [-0.39, 0.29) is 42.1 Å². The van der Waals surface area contributed by atoms with E-state index in [1.165, 1.54) is 0 Å². The molecule has 4 N–H and O–H groups in total. The second-order valence-electron chi connectivity index (χ2n) is 4.54. The van der Waals surface area contributed by atoms with E-state index in [1.807, 2.05) is 13.8 Å². The largest absolute Gasteiger partial charge is 1.00 e. The minimum atomic E-state index is -5.60. The molecule has 0 amide bonds. The minimum Gasteiger partial charge on any atom is -0.776 e. The molecule has 0 aliphatic carbocycles. The van der Waals surface area contributed by atoms with Crippen molar-refractivity contribution in [1.82, 2.24) is 4.90 Å². The van der Waals surface area contributed by atoms with Crippen molar-refractivity contribution < 1.29 is 63.4 Å². The first-order chi connectivity index (χ1) is 8.40. The molecular formula is C9H22NNaO7P2. The van der Waals surface area contributed by atoms with Crippen LogP contribution in [-0.2, 0) is 9.13 Å². The van der Waals surface area contributed by atoms with Gasteiger partial charge >= 0.3 is 37.2 Å². The Labute approximate surface area is 141 Å². The summed E-state index contributed by atoms with van der Waals surface area (Å²) >= 11 is 0. The van der Waals surface area contributed by atoms with Gasteiger partial charge in [-0.1, -0.05) is 13.8 Å². The molecule has 20 heavy (non-hydrogen) atoms. The smallest absolute Gasteiger partial charge is 0.776 e. The number of hydrogen-bond acceptors (Lipinski definition) is 5. The molecule has 0 aromatic rings. The van der Waals surface area contributed by atoms with Gasteiger partial charge in [0.2, 0.25) is 5.08 Å². The maximum Gasteiger partial charge on any atom is 1.00 e. The SMILES string of the molecule is CCC(CC)N(C)CCC(O)(P(=O)([O-])O)P(=O)(O)O.[Na+]. The molecule has 2 unspecified atom stereocenters. The predicted molar refractivity (Wildman–Crippen MR) is 68.4 cm³/mol. The molecule has 0 heterocycles. The molecular weight excluding hydrogens is 319 g/mol. The quantitative estimate of drug-likeness (QED) is 0.268. The van der Waals surface area contributed by atoms with Crippen molar-refractivity contribution in [2.24, 2.45) is 0 Å². The van der Waals surface area contributed by atoms with Crippen molar-refractivity contribution in [3.8, 4) is 0 Å². The molecule has 0 aliphatic rings. The summed E-state index contributed by atoms with van der Waals surface area (Å²) in [6.07, 6.45) is 0.784. The van der Waals surface area contributed by atoms with E-state index in [0.717, 1.165) is 12.8 Å². The summed E-state index contributed by atoms with van der Waals surface area (Å²) in [5.41, 5.74) is 0. The number of hydrogen-bond donors (Lipinski definition) is 4. The Balaban J connectivity index is 0. The van der Waals surface area contributed by atoms with Crippen LogP contribution in [-0.4, -0.2) is 49.4 Å². The van der Waals surface area contributed by atoms with E-state index in [4.69, 9.17) is 14.7 Å². The first kappa shape index (κ1) is 23.5. The Kier molecular flexibility index (Phi) is 10.3. The average molecular weight is 341 g/mol. The van der Waals surface area contributed by atoms with Crippen molar-refractivity contribution in [3.63, 3.8) is 0 Å². The maximum absolute atomic E-state index is 11.1. The molecule has 0 aliphatic heterocycles. The molecule has 0 fully saturated rings. The van der Waals surface area contributed by atoms with Gasteiger partial charge in [0.15, 0.2) is 7.60 Å². The Hall–Kier alpha value is 1.22. The molecule has 0 aromatic heterocycles. The van der Waals surface area contributed by atoms with E-state index in [0.29, 0.717) is 0 Å². The average Bonchev–Trinajstić information content (AvgIpc) is 2.24. The Morgan fingerprint density at radius 2 is 1.60 bits per heavy atom. The summed E-state index contributed by atoms with van der Waals surface area (Å²) in [5.74, 6) is 0. The van der Waals surface area contributed by atoms with Crippen LogP contribution in [0, 0.1) is 0 Å². The fourth-order valence-electron chi connectivity index (χ4n) is 1.87. The summed E-state index contributed by atoms with van der Waals surface area (Å²) in [7, 11) is -9.35. The molecule has 2 atom stereocenters. The second-order valence-corrected chi connectivity index (χ2v) is 8.50. The predicted octanol–water partition coefficient (Wildman–Crippen LogP) is -3.13. The van der Waals surface area contributed by atoms with E-state index >= 15 is 0 Å². The van der Waals surface area contributed by atoms with Gasteiger partial charge in [0.1, 0.15) is 0 Å². The van der Waals surface area contributed by atoms with Gasteiger partial charge in [-0.15, -0.1) is 0 Å². The Morgan fingerprint density at radius 3 is 1.85 bits per heavy atom. The molecule has 0 spiro atoms. The van der Waals surface area contributed by atoms with Crippen LogP contribution >= 0.6 is 15.2 Å². The molecule has 0 radical (unpaired) electrons. The van der Waals surface area contributed by atoms with Crippen LogP contribution in [0.15, 0.2) is 0 Å². The van der Waals surface area contributed by atoms with E-state index < -0.39 is 26.7 Å². The second kappa shape index (κ2) is 8.75. The monoisotopic (exact) mass is 341 g/mol. The zero-order valence-corrected chi connectivity index (χ0v) is 16.0. The summed E-state index contributed by atoms with van der Waals surface area (Å²) in [6.45, 7) is 3.77. The van der Waals surface area contributed by atoms with Crippen LogP contribution in [0.2, 0.25) is 0 Å². The van der Waals surface area contributed by atoms with Crippen LogP contribution in [0.5, 0.6) is 0 Å². The first-order valence-corrected chi connectivity index (χ1v) is 9.11. The zero-order valence-electron chi connectivity index (χ0n) is 12.3. The molecule has 0 saturated heterocycles. The van der Waals surface area contributed by atoms with Crippen molar-refractivity contribution in [1.29, 1.82) is 0 Å². The van der Waals surface area contributed by atoms with Crippen LogP contribution in [0.3, 0.4) is 0 Å². The number of nitrogens with zero attached hydrogens (tertiary/aromatic N) is 1. The topological polar surface area (TPSA) is 141 Å². The first-order valence-electron chi connectivity index (χ1n) is 5.92. The Bertz CT molecular complexity index is 356. The summed E-state index contributed by atoms with van der Waals surface area (Å²) in [4.78, 5) is 39.5. The number of aliphatic hydroxyl groups is 1. The van der Waals surface area contributed by atoms with Crippen LogP contribution in [0.4, 0.5) is 0 Å². The zero-order chi connectivity index (χ0) is 15.5. The molecule has 8 nitrogen and oxygen atoms in total. The van der Waals surface area contributed by atoms with Gasteiger partial charge in [0.05, 0.1) is 0 Å². The van der Waals surface area contributed by atoms with Gasteiger partial charge < -0.3 is 34.1 Å². The maximum atomic E-state index is 11.1. The third kappa shape index (κ3) is 5.78. The van der Waals surface area contributed by atoms with Gasteiger partial charge in [-0.3, -0.25) is 4.57 Å². The fourth-order valence-corrected chi connectivity index (χ4v) is 3.96. The Morgan fingerprint density at radius 1 is 1.20 bits per heavy atom. The third-order valence-electron chi connectivity index (χ3n) is 3.28. The minimum absolute atomic E-state index is 0. The van der Waals surface area contributed by atoms with Crippen LogP contribution < -0.4 is 34.5 Å². The van der Waals surface area contributed by atoms with Crippen molar-refractivity contribution in [2.75, 3.05) is 13.6 Å². The van der Waals surface area contributed by atoms with E-state index in [9.17, 15) is 19.1 Å². The van der Waals surface area contributed by atoms with Gasteiger partial charge in [-0.2, -0.15) is 0 Å². The van der Waals surface area contributed by atoms with Crippen LogP contribution in [0.1, 0.15) is 33.1 Å². The molecule has 0 rings (SSSR count). The molecule has 0 saturated carbocycles. The molecule has 116 valence electrons. The molecule has 0 bridgehead atoms. The van der Waals surface area contributed by atoms with Gasteiger partial charge in [-0.05, 0) is 19.9 Å². The summed E-state index contributed by atoms with van der Waals surface area (Å²) < 4.78 is 22.2. The van der Waals surface area contributed by atoms with Crippen LogP contribution in [0.25, 0.3) is 0 Å². The third-order valence-corrected chi connectivity index (χ3v) is 7.11. The summed E-state index contributed by atoms with van der Waals surface area (Å²) in [5, 5.41) is 6.21. The molecule has 0 aromatic carbocycles. The van der Waals surface area contributed by atoms with Gasteiger partial charge in [0, 0.05) is 19.0 Å². The van der Waals surface area contributed by atoms with Crippen molar-refractivity contribution in [2.45, 2.75) is 44.2 Å². The fraction of sp³-hybridized carbons (Fsp3) is 1.00. The standard InChI is InChI=1S/C9H23NO7P2.Na/c1-4-8(5-2)10(3)7-6-9(11,18(12,13)14)19(15,16)17;/h8,11H,4-7H2,1-3H3,(H2,12,13,14)(H2,15,16,17);/q;+1/p-1.